The summed E-state index contributed by atoms with van der Waals surface area (Å²) in [6.45, 7) is 6.43. The first-order valence-corrected chi connectivity index (χ1v) is 7.85. The molecule has 0 spiro atoms. The van der Waals surface area contributed by atoms with E-state index >= 15 is 0 Å². The molecule has 5 nitrogen and oxygen atoms in total. The van der Waals surface area contributed by atoms with Crippen LogP contribution in [0.1, 0.15) is 33.6 Å². The van der Waals surface area contributed by atoms with Crippen LogP contribution >= 0.6 is 15.9 Å². The molecule has 0 saturated carbocycles. The molecule has 0 fully saturated rings. The number of hydrazine groups is 1. The third-order valence-electron chi connectivity index (χ3n) is 2.65. The molecule has 0 bridgehead atoms. The highest BCUT2D eigenvalue weighted by Crippen LogP contribution is 2.14. The van der Waals surface area contributed by atoms with E-state index in [2.05, 4.69) is 26.7 Å². The minimum Gasteiger partial charge on any atom is -0.307 e. The van der Waals surface area contributed by atoms with E-state index in [9.17, 15) is 9.59 Å². The van der Waals surface area contributed by atoms with Crippen LogP contribution in [0.5, 0.6) is 0 Å². The van der Waals surface area contributed by atoms with Gasteiger partial charge in [-0.15, -0.1) is 0 Å². The van der Waals surface area contributed by atoms with Crippen molar-refractivity contribution in [3.05, 3.63) is 28.7 Å². The van der Waals surface area contributed by atoms with Crippen LogP contribution in [0, 0.1) is 5.92 Å². The van der Waals surface area contributed by atoms with Crippen LogP contribution in [0.4, 0.5) is 10.5 Å². The first kappa shape index (κ1) is 17.5. The average molecular weight is 356 g/mol. The SMILES string of the molecule is CCCC(=O)N(CC(C)C)NC(=O)Nc1ccc(Br)cc1. The molecular weight excluding hydrogens is 334 g/mol. The van der Waals surface area contributed by atoms with Crippen molar-refractivity contribution < 1.29 is 9.59 Å². The molecular formula is C15H22BrN3O2. The zero-order valence-corrected chi connectivity index (χ0v) is 14.2. The Bertz CT molecular complexity index is 474. The fraction of sp³-hybridized carbons (Fsp3) is 0.467. The highest BCUT2D eigenvalue weighted by molar-refractivity contribution is 9.10. The lowest BCUT2D eigenvalue weighted by atomic mass is 10.2. The molecule has 0 aliphatic carbocycles. The van der Waals surface area contributed by atoms with Crippen LogP contribution < -0.4 is 10.7 Å². The van der Waals surface area contributed by atoms with Crippen molar-refractivity contribution in [3.63, 3.8) is 0 Å². The van der Waals surface area contributed by atoms with Crippen molar-refractivity contribution in [1.29, 1.82) is 0 Å². The number of nitrogens with zero attached hydrogens (tertiary/aromatic N) is 1. The largest absolute Gasteiger partial charge is 0.338 e. The number of carbonyl (C=O) groups excluding carboxylic acids is 2. The lowest BCUT2D eigenvalue weighted by Gasteiger charge is -2.25. The van der Waals surface area contributed by atoms with Crippen LogP contribution in [-0.2, 0) is 4.79 Å². The molecule has 0 aliphatic heterocycles. The molecule has 0 atom stereocenters. The van der Waals surface area contributed by atoms with Crippen molar-refractivity contribution in [2.45, 2.75) is 33.6 Å². The van der Waals surface area contributed by atoms with Gasteiger partial charge in [-0.3, -0.25) is 9.80 Å². The number of urea groups is 1. The van der Waals surface area contributed by atoms with Crippen LogP contribution in [0.25, 0.3) is 0 Å². The molecule has 1 aromatic rings. The summed E-state index contributed by atoms with van der Waals surface area (Å²) in [6.07, 6.45) is 1.18. The Labute approximate surface area is 134 Å². The van der Waals surface area contributed by atoms with Crippen molar-refractivity contribution >= 4 is 33.6 Å². The molecule has 1 rings (SSSR count). The Kier molecular flexibility index (Phi) is 7.22. The second-order valence-corrected chi connectivity index (χ2v) is 6.14. The van der Waals surface area contributed by atoms with Gasteiger partial charge in [0.2, 0.25) is 5.91 Å². The van der Waals surface area contributed by atoms with E-state index in [1.165, 1.54) is 5.01 Å². The number of hydrogen-bond donors (Lipinski definition) is 2. The van der Waals surface area contributed by atoms with E-state index in [-0.39, 0.29) is 11.8 Å². The maximum atomic E-state index is 12.0. The lowest BCUT2D eigenvalue weighted by molar-refractivity contribution is -0.134. The number of nitrogens with one attached hydrogen (secondary N) is 2. The summed E-state index contributed by atoms with van der Waals surface area (Å²) in [6, 6.07) is 6.82. The van der Waals surface area contributed by atoms with Gasteiger partial charge in [0.05, 0.1) is 0 Å². The minimum absolute atomic E-state index is 0.0721. The van der Waals surface area contributed by atoms with Crippen molar-refractivity contribution in [1.82, 2.24) is 10.4 Å². The Morgan fingerprint density at radius 1 is 1.24 bits per heavy atom. The number of anilines is 1. The molecule has 0 unspecified atom stereocenters. The molecule has 0 saturated heterocycles. The van der Waals surface area contributed by atoms with Crippen molar-refractivity contribution in [2.24, 2.45) is 5.92 Å². The zero-order valence-electron chi connectivity index (χ0n) is 12.6. The molecule has 6 heteroatoms. The number of halogens is 1. The quantitative estimate of drug-likeness (QED) is 0.789. The fourth-order valence-electron chi connectivity index (χ4n) is 1.74. The van der Waals surface area contributed by atoms with Crippen LogP contribution in [0.2, 0.25) is 0 Å². The van der Waals surface area contributed by atoms with Gasteiger partial charge in [-0.05, 0) is 36.6 Å². The van der Waals surface area contributed by atoms with Crippen molar-refractivity contribution in [2.75, 3.05) is 11.9 Å². The first-order valence-electron chi connectivity index (χ1n) is 7.06. The van der Waals surface area contributed by atoms with Gasteiger partial charge in [-0.25, -0.2) is 10.2 Å². The van der Waals surface area contributed by atoms with E-state index in [0.717, 1.165) is 10.9 Å². The highest BCUT2D eigenvalue weighted by atomic mass is 79.9. The Hall–Kier alpha value is -1.56. The van der Waals surface area contributed by atoms with Gasteiger partial charge in [0.15, 0.2) is 0 Å². The third-order valence-corrected chi connectivity index (χ3v) is 3.18. The second kappa shape index (κ2) is 8.67. The van der Waals surface area contributed by atoms with E-state index < -0.39 is 6.03 Å². The fourth-order valence-corrected chi connectivity index (χ4v) is 2.00. The average Bonchev–Trinajstić information content (AvgIpc) is 2.40. The summed E-state index contributed by atoms with van der Waals surface area (Å²) in [4.78, 5) is 24.0. The van der Waals surface area contributed by atoms with Gasteiger partial charge < -0.3 is 5.32 Å². The first-order chi connectivity index (χ1) is 9.92. The van der Waals surface area contributed by atoms with Crippen LogP contribution in [0.3, 0.4) is 0 Å². The summed E-state index contributed by atoms with van der Waals surface area (Å²) in [5.74, 6) is 0.205. The van der Waals surface area contributed by atoms with Crippen LogP contribution in [0.15, 0.2) is 28.7 Å². The van der Waals surface area contributed by atoms with Gasteiger partial charge in [-0.2, -0.15) is 0 Å². The maximum absolute atomic E-state index is 12.0. The molecule has 0 aliphatic rings. The number of benzene rings is 1. The number of carbonyl (C=O) groups is 2. The topological polar surface area (TPSA) is 61.4 Å². The monoisotopic (exact) mass is 355 g/mol. The lowest BCUT2D eigenvalue weighted by Crippen LogP contribution is -2.49. The summed E-state index contributed by atoms with van der Waals surface area (Å²) in [5.41, 5.74) is 3.29. The smallest absolute Gasteiger partial charge is 0.307 e. The Balaban J connectivity index is 2.62. The van der Waals surface area contributed by atoms with Gasteiger partial charge in [0, 0.05) is 23.1 Å². The summed E-state index contributed by atoms with van der Waals surface area (Å²) in [5, 5.41) is 4.10. The molecule has 1 aromatic carbocycles. The molecule has 0 heterocycles. The van der Waals surface area contributed by atoms with Gasteiger partial charge in [0.1, 0.15) is 0 Å². The van der Waals surface area contributed by atoms with Gasteiger partial charge in [-0.1, -0.05) is 36.7 Å². The second-order valence-electron chi connectivity index (χ2n) is 5.22. The van der Waals surface area contributed by atoms with Gasteiger partial charge >= 0.3 is 6.03 Å². The normalized spacial score (nSPS) is 10.3. The summed E-state index contributed by atoms with van der Waals surface area (Å²) in [7, 11) is 0. The number of rotatable bonds is 5. The van der Waals surface area contributed by atoms with Crippen LogP contribution in [-0.4, -0.2) is 23.5 Å². The molecule has 2 N–H and O–H groups in total. The Morgan fingerprint density at radius 2 is 1.86 bits per heavy atom. The predicted octanol–water partition coefficient (Wildman–Crippen LogP) is 3.77. The van der Waals surface area contributed by atoms with E-state index in [1.807, 2.05) is 32.9 Å². The molecule has 3 amide bonds. The summed E-state index contributed by atoms with van der Waals surface area (Å²) >= 11 is 3.33. The molecule has 116 valence electrons. The zero-order chi connectivity index (χ0) is 15.8. The minimum atomic E-state index is -0.414. The Morgan fingerprint density at radius 3 is 2.38 bits per heavy atom. The molecule has 21 heavy (non-hydrogen) atoms. The third kappa shape index (κ3) is 6.62. The molecule has 0 radical (unpaired) electrons. The highest BCUT2D eigenvalue weighted by Gasteiger charge is 2.16. The van der Waals surface area contributed by atoms with Crippen molar-refractivity contribution in [3.8, 4) is 0 Å². The standard InChI is InChI=1S/C15H22BrN3O2/c1-4-5-14(20)19(10-11(2)3)18-15(21)17-13-8-6-12(16)7-9-13/h6-9,11H,4-5,10H2,1-3H3,(H2,17,18,21). The maximum Gasteiger partial charge on any atom is 0.338 e. The van der Waals surface area contributed by atoms with Gasteiger partial charge in [0.25, 0.3) is 0 Å². The van der Waals surface area contributed by atoms with E-state index in [4.69, 9.17) is 0 Å². The molecule has 0 aromatic heterocycles. The van der Waals surface area contributed by atoms with E-state index in [0.29, 0.717) is 18.7 Å². The number of amides is 3. The number of hydrogen-bond acceptors (Lipinski definition) is 2. The predicted molar refractivity (Wildman–Crippen MR) is 87.8 cm³/mol. The summed E-state index contributed by atoms with van der Waals surface area (Å²) < 4.78 is 0.938. The van der Waals surface area contributed by atoms with E-state index in [1.54, 1.807) is 12.1 Å².